The molecule has 0 radical (unpaired) electrons. The number of carbonyl (C=O) groups is 1. The first-order valence-electron chi connectivity index (χ1n) is 8.49. The number of amides is 1. The van der Waals surface area contributed by atoms with Crippen molar-refractivity contribution in [2.24, 2.45) is 5.92 Å². The van der Waals surface area contributed by atoms with Gasteiger partial charge in [0.25, 0.3) is 5.91 Å². The molecule has 0 atom stereocenters. The fourth-order valence-corrected chi connectivity index (χ4v) is 2.23. The van der Waals surface area contributed by atoms with Gasteiger partial charge in [0.2, 0.25) is 0 Å². The van der Waals surface area contributed by atoms with Gasteiger partial charge in [-0.15, -0.1) is 5.10 Å². The lowest BCUT2D eigenvalue weighted by atomic mass is 10.1. The van der Waals surface area contributed by atoms with E-state index in [1.807, 2.05) is 30.3 Å². The Kier molecular flexibility index (Phi) is 7.75. The summed E-state index contributed by atoms with van der Waals surface area (Å²) >= 11 is 5.08. The summed E-state index contributed by atoms with van der Waals surface area (Å²) in [4.78, 5) is 11.8. The summed E-state index contributed by atoms with van der Waals surface area (Å²) in [6, 6.07) is 9.97. The van der Waals surface area contributed by atoms with Crippen molar-refractivity contribution in [1.82, 2.24) is 31.2 Å². The van der Waals surface area contributed by atoms with Gasteiger partial charge in [0.05, 0.1) is 12.7 Å². The second kappa shape index (κ2) is 10.3. The highest BCUT2D eigenvalue weighted by Gasteiger charge is 2.01. The maximum atomic E-state index is 11.8. The summed E-state index contributed by atoms with van der Waals surface area (Å²) in [7, 11) is 0. The molecule has 138 valence electrons. The summed E-state index contributed by atoms with van der Waals surface area (Å²) in [5.41, 5.74) is 6.90. The molecule has 0 aliphatic carbocycles. The zero-order valence-corrected chi connectivity index (χ0v) is 15.8. The molecule has 0 saturated carbocycles. The van der Waals surface area contributed by atoms with Crippen LogP contribution in [0.4, 0.5) is 0 Å². The molecule has 0 bridgehead atoms. The van der Waals surface area contributed by atoms with Gasteiger partial charge in [-0.05, 0) is 36.2 Å². The summed E-state index contributed by atoms with van der Waals surface area (Å²) in [5, 5.41) is 11.5. The summed E-state index contributed by atoms with van der Waals surface area (Å²) in [6.45, 7) is 5.67. The maximum absolute atomic E-state index is 11.8. The summed E-state index contributed by atoms with van der Waals surface area (Å²) < 4.78 is 1.72. The minimum atomic E-state index is -0.324. The standard InChI is InChI=1S/C18H24N6OS/c1-14(2)10-11-19-18(26)22-21-17(25)9-8-16-13-24(23-20-16)12-15-6-4-3-5-7-15/h3-9,13-14H,10-12H2,1-2H3,(H,21,25)(H2,19,22,26)/b9-8+. The van der Waals surface area contributed by atoms with Crippen molar-refractivity contribution in [3.8, 4) is 0 Å². The lowest BCUT2D eigenvalue weighted by Crippen LogP contribution is -2.46. The molecule has 2 aromatic rings. The fourth-order valence-electron chi connectivity index (χ4n) is 2.08. The number of aromatic nitrogens is 3. The van der Waals surface area contributed by atoms with Gasteiger partial charge in [-0.2, -0.15) is 0 Å². The van der Waals surface area contributed by atoms with Gasteiger partial charge >= 0.3 is 0 Å². The van der Waals surface area contributed by atoms with Crippen molar-refractivity contribution in [2.45, 2.75) is 26.8 Å². The highest BCUT2D eigenvalue weighted by atomic mass is 32.1. The minimum absolute atomic E-state index is 0.324. The Morgan fingerprint density at radius 3 is 2.77 bits per heavy atom. The van der Waals surface area contributed by atoms with Crippen LogP contribution in [0.5, 0.6) is 0 Å². The second-order valence-electron chi connectivity index (χ2n) is 6.21. The van der Waals surface area contributed by atoms with Crippen LogP contribution in [-0.4, -0.2) is 32.6 Å². The third-order valence-electron chi connectivity index (χ3n) is 3.46. The van der Waals surface area contributed by atoms with Crippen LogP contribution >= 0.6 is 12.2 Å². The van der Waals surface area contributed by atoms with E-state index >= 15 is 0 Å². The minimum Gasteiger partial charge on any atom is -0.361 e. The van der Waals surface area contributed by atoms with E-state index in [2.05, 4.69) is 40.3 Å². The average molecular weight is 372 g/mol. The van der Waals surface area contributed by atoms with Crippen molar-refractivity contribution < 1.29 is 4.79 Å². The lowest BCUT2D eigenvalue weighted by molar-refractivity contribution is -0.116. The van der Waals surface area contributed by atoms with Crippen molar-refractivity contribution in [1.29, 1.82) is 0 Å². The highest BCUT2D eigenvalue weighted by Crippen LogP contribution is 2.03. The van der Waals surface area contributed by atoms with Gasteiger partial charge in [0, 0.05) is 12.6 Å². The van der Waals surface area contributed by atoms with Crippen LogP contribution in [0.1, 0.15) is 31.5 Å². The highest BCUT2D eigenvalue weighted by molar-refractivity contribution is 7.80. The molecule has 0 unspecified atom stereocenters. The van der Waals surface area contributed by atoms with Crippen molar-refractivity contribution in [3.05, 3.63) is 53.9 Å². The molecule has 0 spiro atoms. The zero-order valence-electron chi connectivity index (χ0n) is 15.0. The summed E-state index contributed by atoms with van der Waals surface area (Å²) in [5.74, 6) is 0.272. The van der Waals surface area contributed by atoms with Crippen LogP contribution in [0.25, 0.3) is 6.08 Å². The molecule has 1 heterocycles. The monoisotopic (exact) mass is 372 g/mol. The molecular formula is C18H24N6OS. The van der Waals surface area contributed by atoms with Gasteiger partial charge < -0.3 is 5.32 Å². The molecule has 7 nitrogen and oxygen atoms in total. The smallest absolute Gasteiger partial charge is 0.262 e. The number of benzene rings is 1. The quantitative estimate of drug-likeness (QED) is 0.391. The number of thiocarbonyl (C=S) groups is 1. The van der Waals surface area contributed by atoms with E-state index in [1.165, 1.54) is 6.08 Å². The van der Waals surface area contributed by atoms with Crippen LogP contribution in [0, 0.1) is 5.92 Å². The van der Waals surface area contributed by atoms with Crippen LogP contribution < -0.4 is 16.2 Å². The van der Waals surface area contributed by atoms with Gasteiger partial charge in [-0.25, -0.2) is 4.68 Å². The molecule has 2 rings (SSSR count). The molecule has 26 heavy (non-hydrogen) atoms. The molecule has 0 aliphatic rings. The van der Waals surface area contributed by atoms with Crippen molar-refractivity contribution in [3.63, 3.8) is 0 Å². The van der Waals surface area contributed by atoms with Gasteiger partial charge in [0.1, 0.15) is 5.69 Å². The third kappa shape index (κ3) is 7.43. The van der Waals surface area contributed by atoms with Crippen LogP contribution in [0.3, 0.4) is 0 Å². The first-order chi connectivity index (χ1) is 12.5. The molecular weight excluding hydrogens is 348 g/mol. The predicted octanol–water partition coefficient (Wildman–Crippen LogP) is 1.88. The van der Waals surface area contributed by atoms with E-state index in [9.17, 15) is 4.79 Å². The molecule has 0 fully saturated rings. The van der Waals surface area contributed by atoms with Crippen LogP contribution in [-0.2, 0) is 11.3 Å². The van der Waals surface area contributed by atoms with Crippen LogP contribution in [0.15, 0.2) is 42.6 Å². The first kappa shape index (κ1) is 19.6. The Hall–Kier alpha value is -2.74. The normalized spacial score (nSPS) is 10.9. The first-order valence-corrected chi connectivity index (χ1v) is 8.89. The Balaban J connectivity index is 1.73. The number of carbonyl (C=O) groups excluding carboxylic acids is 1. The molecule has 1 aromatic heterocycles. The number of rotatable bonds is 7. The topological polar surface area (TPSA) is 83.9 Å². The predicted molar refractivity (Wildman–Crippen MR) is 106 cm³/mol. The zero-order chi connectivity index (χ0) is 18.8. The van der Waals surface area contributed by atoms with E-state index in [0.717, 1.165) is 18.5 Å². The lowest BCUT2D eigenvalue weighted by Gasteiger charge is -2.11. The summed E-state index contributed by atoms with van der Waals surface area (Å²) in [6.07, 6.45) is 5.76. The number of hydrogen-bond donors (Lipinski definition) is 3. The van der Waals surface area contributed by atoms with Gasteiger partial charge in [-0.3, -0.25) is 15.6 Å². The second-order valence-corrected chi connectivity index (χ2v) is 6.62. The van der Waals surface area contributed by atoms with Gasteiger partial charge in [-0.1, -0.05) is 49.4 Å². The number of nitrogens with zero attached hydrogens (tertiary/aromatic N) is 3. The Labute approximate surface area is 158 Å². The molecule has 1 amide bonds. The molecule has 0 saturated heterocycles. The Morgan fingerprint density at radius 2 is 2.04 bits per heavy atom. The maximum Gasteiger partial charge on any atom is 0.262 e. The van der Waals surface area contributed by atoms with Crippen LogP contribution in [0.2, 0.25) is 0 Å². The van der Waals surface area contributed by atoms with E-state index < -0.39 is 0 Å². The molecule has 1 aromatic carbocycles. The van der Waals surface area contributed by atoms with Crippen molar-refractivity contribution in [2.75, 3.05) is 6.54 Å². The van der Waals surface area contributed by atoms with E-state index in [1.54, 1.807) is 17.0 Å². The number of hydrogen-bond acceptors (Lipinski definition) is 4. The molecule has 0 aliphatic heterocycles. The average Bonchev–Trinajstić information content (AvgIpc) is 3.06. The number of nitrogens with one attached hydrogen (secondary N) is 3. The Morgan fingerprint density at radius 1 is 1.27 bits per heavy atom. The van der Waals surface area contributed by atoms with E-state index in [4.69, 9.17) is 12.2 Å². The largest absolute Gasteiger partial charge is 0.361 e. The number of hydrazine groups is 1. The molecule has 3 N–H and O–H groups in total. The van der Waals surface area contributed by atoms with E-state index in [0.29, 0.717) is 23.3 Å². The Bertz CT molecular complexity index is 741. The molecule has 8 heteroatoms. The SMILES string of the molecule is CC(C)CCNC(=S)NNC(=O)/C=C/c1cn(Cc2ccccc2)nn1. The van der Waals surface area contributed by atoms with E-state index in [-0.39, 0.29) is 5.91 Å². The fraction of sp³-hybridized carbons (Fsp3) is 0.333. The van der Waals surface area contributed by atoms with Gasteiger partial charge in [0.15, 0.2) is 5.11 Å². The van der Waals surface area contributed by atoms with Crippen molar-refractivity contribution >= 4 is 29.3 Å². The third-order valence-corrected chi connectivity index (χ3v) is 3.70.